The van der Waals surface area contributed by atoms with Crippen molar-refractivity contribution in [2.75, 3.05) is 24.2 Å². The highest BCUT2D eigenvalue weighted by atomic mass is 32.2. The van der Waals surface area contributed by atoms with Gasteiger partial charge >= 0.3 is 0 Å². The number of amides is 1. The van der Waals surface area contributed by atoms with Crippen molar-refractivity contribution >= 4 is 21.4 Å². The molecule has 27 heavy (non-hydrogen) atoms. The second-order valence-corrected chi connectivity index (χ2v) is 9.19. The fourth-order valence-corrected chi connectivity index (χ4v) is 4.36. The first-order chi connectivity index (χ1) is 12.8. The molecule has 144 valence electrons. The van der Waals surface area contributed by atoms with Crippen LogP contribution in [-0.2, 0) is 21.2 Å². The lowest BCUT2D eigenvalue weighted by Crippen LogP contribution is -2.40. The highest BCUT2D eigenvalue weighted by molar-refractivity contribution is 7.90. The van der Waals surface area contributed by atoms with Crippen LogP contribution in [0.1, 0.15) is 24.0 Å². The van der Waals surface area contributed by atoms with Crippen LogP contribution in [0.3, 0.4) is 0 Å². The van der Waals surface area contributed by atoms with E-state index in [2.05, 4.69) is 10.2 Å². The van der Waals surface area contributed by atoms with E-state index < -0.39 is 9.84 Å². The zero-order chi connectivity index (χ0) is 19.4. The Balaban J connectivity index is 1.57. The first kappa shape index (κ1) is 19.4. The third-order valence-electron chi connectivity index (χ3n) is 5.06. The van der Waals surface area contributed by atoms with E-state index in [9.17, 15) is 13.2 Å². The number of hydrogen-bond donors (Lipinski definition) is 1. The van der Waals surface area contributed by atoms with Crippen molar-refractivity contribution in [2.24, 2.45) is 5.92 Å². The van der Waals surface area contributed by atoms with Crippen molar-refractivity contribution in [3.63, 3.8) is 0 Å². The maximum absolute atomic E-state index is 12.5. The van der Waals surface area contributed by atoms with Crippen molar-refractivity contribution in [1.82, 2.24) is 5.32 Å². The summed E-state index contributed by atoms with van der Waals surface area (Å²) in [6.07, 6.45) is 2.67. The van der Waals surface area contributed by atoms with Crippen LogP contribution in [0.15, 0.2) is 53.4 Å². The minimum absolute atomic E-state index is 0.0305. The minimum Gasteiger partial charge on any atom is -0.370 e. The summed E-state index contributed by atoms with van der Waals surface area (Å²) in [6.45, 7) is 3.93. The Hall–Kier alpha value is -2.34. The maximum Gasteiger partial charge on any atom is 0.223 e. The van der Waals surface area contributed by atoms with E-state index in [0.717, 1.165) is 24.1 Å². The van der Waals surface area contributed by atoms with Crippen molar-refractivity contribution < 1.29 is 13.2 Å². The number of rotatable bonds is 5. The lowest BCUT2D eigenvalue weighted by Gasteiger charge is -2.34. The normalized spacial score (nSPS) is 15.6. The average molecular weight is 387 g/mol. The van der Waals surface area contributed by atoms with E-state index in [1.165, 1.54) is 11.8 Å². The number of nitrogens with one attached hydrogen (secondary N) is 1. The van der Waals surface area contributed by atoms with Gasteiger partial charge in [-0.3, -0.25) is 4.79 Å². The Morgan fingerprint density at radius 1 is 1.07 bits per heavy atom. The van der Waals surface area contributed by atoms with Gasteiger partial charge in [-0.05, 0) is 37.5 Å². The Morgan fingerprint density at radius 2 is 1.70 bits per heavy atom. The maximum atomic E-state index is 12.5. The van der Waals surface area contributed by atoms with Crippen LogP contribution < -0.4 is 10.2 Å². The Labute approximate surface area is 161 Å². The number of carbonyl (C=O) groups excluding carboxylic acids is 1. The monoisotopic (exact) mass is 386 g/mol. The molecule has 0 saturated carbocycles. The number of para-hydroxylation sites is 1. The molecule has 1 aliphatic heterocycles. The number of piperidine rings is 1. The third kappa shape index (κ3) is 4.89. The standard InChI is InChI=1S/C21H26N2O3S/c1-16-7-9-17(10-8-16)15-22-21(24)18-11-13-23(14-12-18)19-5-3-4-6-20(19)27(2,25)26/h3-10,18H,11-15H2,1-2H3,(H,22,24). The van der Waals surface area contributed by atoms with Crippen molar-refractivity contribution in [1.29, 1.82) is 0 Å². The molecule has 1 heterocycles. The zero-order valence-electron chi connectivity index (χ0n) is 15.8. The van der Waals surface area contributed by atoms with E-state index >= 15 is 0 Å². The van der Waals surface area contributed by atoms with Gasteiger partial charge in [-0.2, -0.15) is 0 Å². The first-order valence-corrected chi connectivity index (χ1v) is 11.1. The fraction of sp³-hybridized carbons (Fsp3) is 0.381. The lowest BCUT2D eigenvalue weighted by molar-refractivity contribution is -0.125. The minimum atomic E-state index is -3.28. The third-order valence-corrected chi connectivity index (χ3v) is 6.20. The number of anilines is 1. The summed E-state index contributed by atoms with van der Waals surface area (Å²) in [5.41, 5.74) is 3.03. The number of nitrogens with zero attached hydrogens (tertiary/aromatic N) is 1. The molecule has 2 aromatic rings. The summed E-state index contributed by atoms with van der Waals surface area (Å²) in [6, 6.07) is 15.2. The summed E-state index contributed by atoms with van der Waals surface area (Å²) in [5, 5.41) is 3.03. The van der Waals surface area contributed by atoms with Gasteiger partial charge < -0.3 is 10.2 Å². The fourth-order valence-electron chi connectivity index (χ4n) is 3.45. The van der Waals surface area contributed by atoms with Crippen LogP contribution >= 0.6 is 0 Å². The lowest BCUT2D eigenvalue weighted by atomic mass is 9.95. The Bertz CT molecular complexity index is 899. The quantitative estimate of drug-likeness (QED) is 0.858. The first-order valence-electron chi connectivity index (χ1n) is 9.22. The molecular weight excluding hydrogens is 360 g/mol. The van der Waals surface area contributed by atoms with Gasteiger partial charge in [-0.15, -0.1) is 0 Å². The van der Waals surface area contributed by atoms with Gasteiger partial charge in [0.25, 0.3) is 0 Å². The number of sulfone groups is 1. The summed E-state index contributed by atoms with van der Waals surface area (Å²) >= 11 is 0. The number of aryl methyl sites for hydroxylation is 1. The highest BCUT2D eigenvalue weighted by Gasteiger charge is 2.27. The molecule has 0 spiro atoms. The second kappa shape index (κ2) is 8.13. The van der Waals surface area contributed by atoms with Crippen LogP contribution in [0.4, 0.5) is 5.69 Å². The molecule has 0 radical (unpaired) electrons. The molecule has 0 aromatic heterocycles. The van der Waals surface area contributed by atoms with E-state index in [1.807, 2.05) is 43.3 Å². The second-order valence-electron chi connectivity index (χ2n) is 7.20. The van der Waals surface area contributed by atoms with Gasteiger partial charge in [-0.1, -0.05) is 42.0 Å². The van der Waals surface area contributed by atoms with Gasteiger partial charge in [0, 0.05) is 31.8 Å². The van der Waals surface area contributed by atoms with Gasteiger partial charge in [0.15, 0.2) is 9.84 Å². The highest BCUT2D eigenvalue weighted by Crippen LogP contribution is 2.29. The summed E-state index contributed by atoms with van der Waals surface area (Å²) in [4.78, 5) is 14.9. The number of carbonyl (C=O) groups is 1. The molecule has 1 saturated heterocycles. The van der Waals surface area contributed by atoms with Gasteiger partial charge in [0.2, 0.25) is 5.91 Å². The van der Waals surface area contributed by atoms with Crippen molar-refractivity contribution in [2.45, 2.75) is 31.2 Å². The Kier molecular flexibility index (Phi) is 5.85. The summed E-state index contributed by atoms with van der Waals surface area (Å²) in [5.74, 6) is 0.0451. The molecule has 1 N–H and O–H groups in total. The van der Waals surface area contributed by atoms with Gasteiger partial charge in [-0.25, -0.2) is 8.42 Å². The molecule has 2 aromatic carbocycles. The predicted octanol–water partition coefficient (Wildman–Crippen LogP) is 2.93. The molecule has 1 amide bonds. The zero-order valence-corrected chi connectivity index (χ0v) is 16.6. The average Bonchev–Trinajstić information content (AvgIpc) is 2.67. The van der Waals surface area contributed by atoms with Gasteiger partial charge in [0.05, 0.1) is 10.6 Å². The smallest absolute Gasteiger partial charge is 0.223 e. The summed E-state index contributed by atoms with van der Waals surface area (Å²) < 4.78 is 24.0. The van der Waals surface area contributed by atoms with E-state index in [1.54, 1.807) is 12.1 Å². The molecule has 0 aliphatic carbocycles. The summed E-state index contributed by atoms with van der Waals surface area (Å²) in [7, 11) is -3.28. The number of hydrogen-bond acceptors (Lipinski definition) is 4. The van der Waals surface area contributed by atoms with E-state index in [-0.39, 0.29) is 11.8 Å². The molecule has 1 fully saturated rings. The molecular formula is C21H26N2O3S. The van der Waals surface area contributed by atoms with Crippen LogP contribution in [0.2, 0.25) is 0 Å². The SMILES string of the molecule is Cc1ccc(CNC(=O)C2CCN(c3ccccc3S(C)(=O)=O)CC2)cc1. The molecule has 0 atom stereocenters. The predicted molar refractivity (Wildman–Crippen MR) is 108 cm³/mol. The van der Waals surface area contributed by atoms with E-state index in [4.69, 9.17) is 0 Å². The Morgan fingerprint density at radius 3 is 2.33 bits per heavy atom. The molecule has 0 unspecified atom stereocenters. The van der Waals surface area contributed by atoms with Crippen molar-refractivity contribution in [3.05, 3.63) is 59.7 Å². The van der Waals surface area contributed by atoms with Crippen molar-refractivity contribution in [3.8, 4) is 0 Å². The molecule has 6 heteroatoms. The van der Waals surface area contributed by atoms with Crippen LogP contribution in [0.5, 0.6) is 0 Å². The van der Waals surface area contributed by atoms with Gasteiger partial charge in [0.1, 0.15) is 0 Å². The van der Waals surface area contributed by atoms with Crippen LogP contribution in [0.25, 0.3) is 0 Å². The van der Waals surface area contributed by atoms with E-state index in [0.29, 0.717) is 24.5 Å². The van der Waals surface area contributed by atoms with Crippen LogP contribution in [0, 0.1) is 12.8 Å². The number of benzene rings is 2. The van der Waals surface area contributed by atoms with Crippen LogP contribution in [-0.4, -0.2) is 33.7 Å². The molecule has 5 nitrogen and oxygen atoms in total. The largest absolute Gasteiger partial charge is 0.370 e. The topological polar surface area (TPSA) is 66.5 Å². The molecule has 0 bridgehead atoms. The molecule has 3 rings (SSSR count). The molecule has 1 aliphatic rings.